The number of carbonyl (C=O) groups is 2. The number of halogens is 1. The van der Waals surface area contributed by atoms with Gasteiger partial charge >= 0.3 is 0 Å². The van der Waals surface area contributed by atoms with Gasteiger partial charge < -0.3 is 15.4 Å². The topological polar surface area (TPSA) is 67.4 Å². The van der Waals surface area contributed by atoms with E-state index in [1.54, 1.807) is 25.3 Å². The summed E-state index contributed by atoms with van der Waals surface area (Å²) in [5, 5.41) is 6.31. The zero-order valence-electron chi connectivity index (χ0n) is 14.4. The number of anilines is 1. The number of hydrogen-bond acceptors (Lipinski definition) is 3. The fourth-order valence-corrected chi connectivity index (χ4v) is 3.27. The molecule has 2 rings (SSSR count). The minimum atomic E-state index is -0.0611. The Kier molecular flexibility index (Phi) is 6.49. The van der Waals surface area contributed by atoms with Crippen molar-refractivity contribution in [3.05, 3.63) is 23.2 Å². The number of carbonyl (C=O) groups excluding carboxylic acids is 2. The smallest absolute Gasteiger partial charge is 0.227 e. The number of nitrogens with one attached hydrogen (secondary N) is 2. The summed E-state index contributed by atoms with van der Waals surface area (Å²) >= 11 is 6.07. The molecule has 1 saturated carbocycles. The summed E-state index contributed by atoms with van der Waals surface area (Å²) in [4.78, 5) is 24.4. The maximum Gasteiger partial charge on any atom is 0.227 e. The summed E-state index contributed by atoms with van der Waals surface area (Å²) in [6.45, 7) is 3.91. The summed E-state index contributed by atoms with van der Waals surface area (Å²) in [5.74, 6) is 0.622. The van der Waals surface area contributed by atoms with Crippen molar-refractivity contribution in [3.8, 4) is 5.75 Å². The van der Waals surface area contributed by atoms with Crippen molar-refractivity contribution in [3.63, 3.8) is 0 Å². The second-order valence-corrected chi connectivity index (χ2v) is 6.96. The average molecular weight is 353 g/mol. The SMILES string of the molecule is COc1ccc(NC(=O)C2CCC(C(=O)NC(C)C)CC2)cc1Cl. The van der Waals surface area contributed by atoms with Crippen molar-refractivity contribution in [2.75, 3.05) is 12.4 Å². The second-order valence-electron chi connectivity index (χ2n) is 6.55. The quantitative estimate of drug-likeness (QED) is 0.850. The lowest BCUT2D eigenvalue weighted by atomic mass is 9.81. The van der Waals surface area contributed by atoms with Crippen LogP contribution in [0.2, 0.25) is 5.02 Å². The van der Waals surface area contributed by atoms with Crippen molar-refractivity contribution in [2.45, 2.75) is 45.6 Å². The van der Waals surface area contributed by atoms with Crippen LogP contribution in [0.25, 0.3) is 0 Å². The van der Waals surface area contributed by atoms with Crippen LogP contribution in [0.1, 0.15) is 39.5 Å². The monoisotopic (exact) mass is 352 g/mol. The van der Waals surface area contributed by atoms with Gasteiger partial charge in [0.2, 0.25) is 11.8 Å². The van der Waals surface area contributed by atoms with Crippen LogP contribution in [0.3, 0.4) is 0 Å². The molecule has 1 aromatic rings. The van der Waals surface area contributed by atoms with Gasteiger partial charge in [0.1, 0.15) is 5.75 Å². The Hall–Kier alpha value is -1.75. The van der Waals surface area contributed by atoms with E-state index < -0.39 is 0 Å². The molecule has 5 nitrogen and oxygen atoms in total. The number of rotatable bonds is 5. The summed E-state index contributed by atoms with van der Waals surface area (Å²) in [6.07, 6.45) is 2.96. The zero-order chi connectivity index (χ0) is 17.7. The first-order chi connectivity index (χ1) is 11.4. The van der Waals surface area contributed by atoms with Gasteiger partial charge in [0.15, 0.2) is 0 Å². The van der Waals surface area contributed by atoms with Gasteiger partial charge in [0.25, 0.3) is 0 Å². The third kappa shape index (κ3) is 4.87. The van der Waals surface area contributed by atoms with Gasteiger partial charge in [0.05, 0.1) is 12.1 Å². The van der Waals surface area contributed by atoms with Crippen LogP contribution >= 0.6 is 11.6 Å². The largest absolute Gasteiger partial charge is 0.495 e. The third-order valence-corrected chi connectivity index (χ3v) is 4.61. The second kappa shape index (κ2) is 8.38. The third-order valence-electron chi connectivity index (χ3n) is 4.32. The molecule has 1 aliphatic rings. The molecule has 6 heteroatoms. The van der Waals surface area contributed by atoms with Crippen molar-refractivity contribution in [1.82, 2.24) is 5.32 Å². The molecule has 0 aliphatic heterocycles. The Morgan fingerprint density at radius 3 is 2.21 bits per heavy atom. The van der Waals surface area contributed by atoms with Crippen molar-refractivity contribution in [1.29, 1.82) is 0 Å². The van der Waals surface area contributed by atoms with Crippen LogP contribution in [0.15, 0.2) is 18.2 Å². The molecular formula is C18H25ClN2O3. The van der Waals surface area contributed by atoms with E-state index in [4.69, 9.17) is 16.3 Å². The van der Waals surface area contributed by atoms with Gasteiger partial charge in [-0.15, -0.1) is 0 Å². The van der Waals surface area contributed by atoms with Gasteiger partial charge in [-0.3, -0.25) is 9.59 Å². The van der Waals surface area contributed by atoms with E-state index in [1.807, 2.05) is 13.8 Å². The highest BCUT2D eigenvalue weighted by atomic mass is 35.5. The van der Waals surface area contributed by atoms with Gasteiger partial charge in [-0.1, -0.05) is 11.6 Å². The van der Waals surface area contributed by atoms with E-state index in [-0.39, 0.29) is 29.7 Å². The summed E-state index contributed by atoms with van der Waals surface area (Å²) in [5.41, 5.74) is 0.658. The molecule has 0 radical (unpaired) electrons. The maximum absolute atomic E-state index is 12.4. The summed E-state index contributed by atoms with van der Waals surface area (Å²) < 4.78 is 5.10. The number of ether oxygens (including phenoxy) is 1. The fraction of sp³-hybridized carbons (Fsp3) is 0.556. The number of hydrogen-bond donors (Lipinski definition) is 2. The van der Waals surface area contributed by atoms with E-state index in [9.17, 15) is 9.59 Å². The zero-order valence-corrected chi connectivity index (χ0v) is 15.2. The van der Waals surface area contributed by atoms with E-state index in [0.717, 1.165) is 25.7 Å². The summed E-state index contributed by atoms with van der Waals surface area (Å²) in [6, 6.07) is 5.33. The number of amides is 2. The molecule has 0 spiro atoms. The van der Waals surface area contributed by atoms with Crippen molar-refractivity contribution in [2.24, 2.45) is 11.8 Å². The van der Waals surface area contributed by atoms with E-state index >= 15 is 0 Å². The molecule has 0 bridgehead atoms. The molecule has 0 saturated heterocycles. The Balaban J connectivity index is 1.86. The van der Waals surface area contributed by atoms with E-state index in [2.05, 4.69) is 10.6 Å². The Labute approximate surface area is 148 Å². The molecule has 1 aromatic carbocycles. The van der Waals surface area contributed by atoms with Gasteiger partial charge in [-0.25, -0.2) is 0 Å². The van der Waals surface area contributed by atoms with E-state index in [1.165, 1.54) is 0 Å². The average Bonchev–Trinajstić information content (AvgIpc) is 2.54. The van der Waals surface area contributed by atoms with Gasteiger partial charge in [-0.2, -0.15) is 0 Å². The van der Waals surface area contributed by atoms with Crippen LogP contribution in [0, 0.1) is 11.8 Å². The molecular weight excluding hydrogens is 328 g/mol. The van der Waals surface area contributed by atoms with Crippen LogP contribution < -0.4 is 15.4 Å². The minimum Gasteiger partial charge on any atom is -0.495 e. The normalized spacial score (nSPS) is 20.5. The molecule has 0 heterocycles. The first kappa shape index (κ1) is 18.6. The molecule has 0 atom stereocenters. The first-order valence-corrected chi connectivity index (χ1v) is 8.73. The molecule has 132 valence electrons. The van der Waals surface area contributed by atoms with Crippen LogP contribution in [0.4, 0.5) is 5.69 Å². The lowest BCUT2D eigenvalue weighted by Gasteiger charge is -2.27. The predicted molar refractivity (Wildman–Crippen MR) is 95.4 cm³/mol. The lowest BCUT2D eigenvalue weighted by molar-refractivity contribution is -0.128. The lowest BCUT2D eigenvalue weighted by Crippen LogP contribution is -2.38. The molecule has 1 fully saturated rings. The van der Waals surface area contributed by atoms with E-state index in [0.29, 0.717) is 16.5 Å². The molecule has 2 N–H and O–H groups in total. The van der Waals surface area contributed by atoms with Crippen molar-refractivity contribution >= 4 is 29.1 Å². The van der Waals surface area contributed by atoms with Crippen LogP contribution in [0.5, 0.6) is 5.75 Å². The molecule has 0 unspecified atom stereocenters. The highest BCUT2D eigenvalue weighted by Gasteiger charge is 2.30. The minimum absolute atomic E-state index is 0.0149. The number of benzene rings is 1. The van der Waals surface area contributed by atoms with Gasteiger partial charge in [0, 0.05) is 23.6 Å². The van der Waals surface area contributed by atoms with Crippen LogP contribution in [-0.2, 0) is 9.59 Å². The molecule has 24 heavy (non-hydrogen) atoms. The Bertz CT molecular complexity index is 596. The standard InChI is InChI=1S/C18H25ClN2O3/c1-11(2)20-17(22)12-4-6-13(7-5-12)18(23)21-14-8-9-16(24-3)15(19)10-14/h8-13H,4-7H2,1-3H3,(H,20,22)(H,21,23). The summed E-state index contributed by atoms with van der Waals surface area (Å²) in [7, 11) is 1.55. The van der Waals surface area contributed by atoms with Crippen molar-refractivity contribution < 1.29 is 14.3 Å². The fourth-order valence-electron chi connectivity index (χ4n) is 3.01. The van der Waals surface area contributed by atoms with Crippen LogP contribution in [-0.4, -0.2) is 25.0 Å². The Morgan fingerprint density at radius 2 is 1.71 bits per heavy atom. The Morgan fingerprint density at radius 1 is 1.12 bits per heavy atom. The maximum atomic E-state index is 12.4. The first-order valence-electron chi connectivity index (χ1n) is 8.35. The molecule has 0 aromatic heterocycles. The molecule has 1 aliphatic carbocycles. The predicted octanol–water partition coefficient (Wildman–Crippen LogP) is 3.62. The highest BCUT2D eigenvalue weighted by molar-refractivity contribution is 6.32. The highest BCUT2D eigenvalue weighted by Crippen LogP contribution is 2.31. The molecule has 2 amide bonds. The van der Waals surface area contributed by atoms with Gasteiger partial charge in [-0.05, 0) is 57.7 Å². The number of methoxy groups -OCH3 is 1.